The van der Waals surface area contributed by atoms with Crippen LogP contribution in [0.4, 0.5) is 5.69 Å². The number of hydrogen-bond acceptors (Lipinski definition) is 4. The Kier molecular flexibility index (Phi) is 5.08. The fraction of sp³-hybridized carbons (Fsp3) is 0.538. The van der Waals surface area contributed by atoms with Gasteiger partial charge in [-0.1, -0.05) is 18.5 Å². The Hall–Kier alpha value is -0.820. The molecule has 5 nitrogen and oxygen atoms in total. The van der Waals surface area contributed by atoms with Crippen LogP contribution in [0.1, 0.15) is 26.3 Å². The third-order valence-electron chi connectivity index (χ3n) is 2.81. The van der Waals surface area contributed by atoms with Crippen LogP contribution in [0.25, 0.3) is 0 Å². The van der Waals surface area contributed by atoms with Gasteiger partial charge in [-0.2, -0.15) is 4.31 Å². The molecule has 0 aliphatic rings. The van der Waals surface area contributed by atoms with Crippen molar-refractivity contribution in [3.05, 3.63) is 22.7 Å². The highest BCUT2D eigenvalue weighted by atomic mass is 35.5. The van der Waals surface area contributed by atoms with E-state index in [2.05, 4.69) is 0 Å². The van der Waals surface area contributed by atoms with Gasteiger partial charge in [0.05, 0.1) is 21.2 Å². The van der Waals surface area contributed by atoms with Crippen LogP contribution in [0.2, 0.25) is 5.02 Å². The SMILES string of the molecule is CCN(CC(C)(C)O)S(=O)(=O)c1cc(C)c(Cl)c(N)c1. The first-order valence-electron chi connectivity index (χ1n) is 6.27. The van der Waals surface area contributed by atoms with Crippen LogP contribution in [-0.4, -0.2) is 36.5 Å². The fourth-order valence-corrected chi connectivity index (χ4v) is 3.69. The third-order valence-corrected chi connectivity index (χ3v) is 5.22. The summed E-state index contributed by atoms with van der Waals surface area (Å²) < 4.78 is 26.4. The number of sulfonamides is 1. The van der Waals surface area contributed by atoms with Gasteiger partial charge in [-0.25, -0.2) is 8.42 Å². The zero-order valence-electron chi connectivity index (χ0n) is 12.1. The molecule has 0 aromatic heterocycles. The molecule has 0 aliphatic carbocycles. The van der Waals surface area contributed by atoms with E-state index in [1.54, 1.807) is 27.7 Å². The normalized spacial score (nSPS) is 12.9. The number of aryl methyl sites for hydroxylation is 1. The van der Waals surface area contributed by atoms with Crippen LogP contribution < -0.4 is 5.73 Å². The number of benzene rings is 1. The van der Waals surface area contributed by atoms with E-state index in [9.17, 15) is 13.5 Å². The van der Waals surface area contributed by atoms with E-state index >= 15 is 0 Å². The zero-order chi connectivity index (χ0) is 15.7. The topological polar surface area (TPSA) is 83.6 Å². The molecule has 0 saturated carbocycles. The molecule has 0 bridgehead atoms. The second-order valence-corrected chi connectivity index (χ2v) is 7.70. The van der Waals surface area contributed by atoms with Crippen LogP contribution in [0.3, 0.4) is 0 Å². The van der Waals surface area contributed by atoms with Gasteiger partial charge in [-0.15, -0.1) is 0 Å². The number of nitrogen functional groups attached to an aromatic ring is 1. The molecular formula is C13H21ClN2O3S. The Morgan fingerprint density at radius 1 is 1.40 bits per heavy atom. The van der Waals surface area contributed by atoms with Gasteiger partial charge in [0.15, 0.2) is 0 Å². The summed E-state index contributed by atoms with van der Waals surface area (Å²) >= 11 is 5.95. The largest absolute Gasteiger partial charge is 0.397 e. The Balaban J connectivity index is 3.28. The highest BCUT2D eigenvalue weighted by Crippen LogP contribution is 2.28. The minimum absolute atomic E-state index is 0.00735. The summed E-state index contributed by atoms with van der Waals surface area (Å²) in [7, 11) is -3.71. The number of anilines is 1. The highest BCUT2D eigenvalue weighted by Gasteiger charge is 2.29. The molecule has 7 heteroatoms. The van der Waals surface area contributed by atoms with Crippen molar-refractivity contribution in [2.45, 2.75) is 38.2 Å². The molecule has 0 saturated heterocycles. The molecule has 0 radical (unpaired) electrons. The van der Waals surface area contributed by atoms with E-state index in [1.807, 2.05) is 0 Å². The van der Waals surface area contributed by atoms with Crippen molar-refractivity contribution in [3.8, 4) is 0 Å². The average molecular weight is 321 g/mol. The molecule has 3 N–H and O–H groups in total. The lowest BCUT2D eigenvalue weighted by atomic mass is 10.1. The Morgan fingerprint density at radius 3 is 2.35 bits per heavy atom. The molecule has 0 amide bonds. The summed E-state index contributed by atoms with van der Waals surface area (Å²) in [5, 5.41) is 10.2. The van der Waals surface area contributed by atoms with E-state index in [4.69, 9.17) is 17.3 Å². The third kappa shape index (κ3) is 3.85. The predicted molar refractivity (Wildman–Crippen MR) is 81.3 cm³/mol. The number of rotatable bonds is 5. The van der Waals surface area contributed by atoms with Crippen molar-refractivity contribution < 1.29 is 13.5 Å². The first-order chi connectivity index (χ1) is 8.99. The maximum atomic E-state index is 12.6. The van der Waals surface area contributed by atoms with Gasteiger partial charge >= 0.3 is 0 Å². The van der Waals surface area contributed by atoms with E-state index in [1.165, 1.54) is 16.4 Å². The summed E-state index contributed by atoms with van der Waals surface area (Å²) in [4.78, 5) is 0.0861. The molecule has 0 spiro atoms. The molecule has 0 fully saturated rings. The van der Waals surface area contributed by atoms with Crippen molar-refractivity contribution in [2.75, 3.05) is 18.8 Å². The standard InChI is InChI=1S/C13H21ClN2O3S/c1-5-16(8-13(3,4)17)20(18,19)10-6-9(2)12(14)11(15)7-10/h6-7,17H,5,8,15H2,1-4H3. The van der Waals surface area contributed by atoms with Crippen molar-refractivity contribution in [3.63, 3.8) is 0 Å². The van der Waals surface area contributed by atoms with E-state index < -0.39 is 15.6 Å². The van der Waals surface area contributed by atoms with Crippen LogP contribution >= 0.6 is 11.6 Å². The fourth-order valence-electron chi connectivity index (χ4n) is 1.86. The monoisotopic (exact) mass is 320 g/mol. The lowest BCUT2D eigenvalue weighted by molar-refractivity contribution is 0.0601. The van der Waals surface area contributed by atoms with Crippen molar-refractivity contribution in [1.82, 2.24) is 4.31 Å². The van der Waals surface area contributed by atoms with Crippen LogP contribution in [0.5, 0.6) is 0 Å². The smallest absolute Gasteiger partial charge is 0.243 e. The minimum Gasteiger partial charge on any atom is -0.397 e. The highest BCUT2D eigenvalue weighted by molar-refractivity contribution is 7.89. The molecule has 0 heterocycles. The van der Waals surface area contributed by atoms with Gasteiger partial charge in [-0.3, -0.25) is 0 Å². The number of hydrogen-bond donors (Lipinski definition) is 2. The summed E-state index contributed by atoms with van der Waals surface area (Å²) in [6.45, 7) is 6.81. The van der Waals surface area contributed by atoms with Crippen LogP contribution in [-0.2, 0) is 10.0 Å². The Morgan fingerprint density at radius 2 is 1.95 bits per heavy atom. The number of likely N-dealkylation sites (N-methyl/N-ethyl adjacent to an activating group) is 1. The van der Waals surface area contributed by atoms with Gasteiger partial charge in [0.25, 0.3) is 0 Å². The predicted octanol–water partition coefficient (Wildman–Crippen LogP) is 2.01. The second-order valence-electron chi connectivity index (χ2n) is 5.39. The number of nitrogens with two attached hydrogens (primary N) is 1. The molecule has 114 valence electrons. The number of halogens is 1. The van der Waals surface area contributed by atoms with Crippen molar-refractivity contribution in [2.24, 2.45) is 0 Å². The molecule has 0 unspecified atom stereocenters. The average Bonchev–Trinajstić information content (AvgIpc) is 2.30. The number of aliphatic hydroxyl groups is 1. The van der Waals surface area contributed by atoms with Crippen LogP contribution in [0.15, 0.2) is 17.0 Å². The van der Waals surface area contributed by atoms with Gasteiger partial charge in [-0.05, 0) is 38.5 Å². The molecule has 1 aromatic rings. The number of nitrogens with zero attached hydrogens (tertiary/aromatic N) is 1. The molecule has 20 heavy (non-hydrogen) atoms. The molecule has 1 rings (SSSR count). The molecule has 0 atom stereocenters. The molecule has 0 aliphatic heterocycles. The van der Waals surface area contributed by atoms with Gasteiger partial charge in [0.2, 0.25) is 10.0 Å². The first-order valence-corrected chi connectivity index (χ1v) is 8.09. The Labute approximate surface area is 125 Å². The second kappa shape index (κ2) is 5.89. The lowest BCUT2D eigenvalue weighted by Gasteiger charge is -2.27. The lowest BCUT2D eigenvalue weighted by Crippen LogP contribution is -2.42. The quantitative estimate of drug-likeness (QED) is 0.813. The van der Waals surface area contributed by atoms with E-state index in [-0.39, 0.29) is 23.7 Å². The van der Waals surface area contributed by atoms with E-state index in [0.717, 1.165) is 0 Å². The van der Waals surface area contributed by atoms with Gasteiger partial charge < -0.3 is 10.8 Å². The summed E-state index contributed by atoms with van der Waals surface area (Å²) in [5.41, 5.74) is 5.44. The van der Waals surface area contributed by atoms with Crippen LogP contribution in [0, 0.1) is 6.92 Å². The molecule has 1 aromatic carbocycles. The maximum absolute atomic E-state index is 12.6. The zero-order valence-corrected chi connectivity index (χ0v) is 13.7. The van der Waals surface area contributed by atoms with Gasteiger partial charge in [0.1, 0.15) is 0 Å². The van der Waals surface area contributed by atoms with Crippen molar-refractivity contribution >= 4 is 27.3 Å². The van der Waals surface area contributed by atoms with Crippen molar-refractivity contribution in [1.29, 1.82) is 0 Å². The first kappa shape index (κ1) is 17.2. The van der Waals surface area contributed by atoms with E-state index in [0.29, 0.717) is 10.6 Å². The summed E-state index contributed by atoms with van der Waals surface area (Å²) in [6, 6.07) is 2.83. The summed E-state index contributed by atoms with van der Waals surface area (Å²) in [5.74, 6) is 0. The summed E-state index contributed by atoms with van der Waals surface area (Å²) in [6.07, 6.45) is 0. The maximum Gasteiger partial charge on any atom is 0.243 e. The van der Waals surface area contributed by atoms with Gasteiger partial charge in [0, 0.05) is 13.1 Å². The molecular weight excluding hydrogens is 300 g/mol. The Bertz CT molecular complexity index is 571. The minimum atomic E-state index is -3.71.